The Kier molecular flexibility index (Phi) is 3.40. The Morgan fingerprint density at radius 1 is 1.12 bits per heavy atom. The van der Waals surface area contributed by atoms with E-state index >= 15 is 0 Å². The molecule has 0 fully saturated rings. The Labute approximate surface area is 105 Å². The highest BCUT2D eigenvalue weighted by molar-refractivity contribution is 6.32. The molecule has 0 bridgehead atoms. The van der Waals surface area contributed by atoms with Crippen molar-refractivity contribution in [2.24, 2.45) is 0 Å². The van der Waals surface area contributed by atoms with Gasteiger partial charge in [-0.25, -0.2) is 18.7 Å². The van der Waals surface area contributed by atoms with Crippen molar-refractivity contribution in [3.63, 3.8) is 0 Å². The molecule has 0 atom stereocenters. The minimum Gasteiger partial charge on any atom is -0.451 e. The number of aromatic nitrogens is 2. The van der Waals surface area contributed by atoms with E-state index in [1.165, 1.54) is 18.6 Å². The van der Waals surface area contributed by atoms with Crippen LogP contribution in [0.5, 0.6) is 11.5 Å². The Bertz CT molecular complexity index is 566. The van der Waals surface area contributed by atoms with Crippen molar-refractivity contribution in [1.29, 1.82) is 0 Å². The van der Waals surface area contributed by atoms with Crippen LogP contribution in [0.15, 0.2) is 24.7 Å². The average Bonchev–Trinajstić information content (AvgIpc) is 2.32. The monoisotopic (exact) mass is 276 g/mol. The summed E-state index contributed by atoms with van der Waals surface area (Å²) in [5.41, 5.74) is 0. The Balaban J connectivity index is 2.38. The molecule has 0 spiro atoms. The van der Waals surface area contributed by atoms with Crippen LogP contribution in [0.1, 0.15) is 0 Å². The molecule has 17 heavy (non-hydrogen) atoms. The van der Waals surface area contributed by atoms with Gasteiger partial charge in [0, 0.05) is 0 Å². The average molecular weight is 277 g/mol. The molecule has 0 aliphatic carbocycles. The van der Waals surface area contributed by atoms with Crippen LogP contribution in [-0.2, 0) is 0 Å². The Morgan fingerprint density at radius 2 is 1.88 bits per heavy atom. The maximum atomic E-state index is 13.1. The van der Waals surface area contributed by atoms with Crippen LogP contribution in [-0.4, -0.2) is 9.97 Å². The summed E-state index contributed by atoms with van der Waals surface area (Å²) in [6, 6.07) is 2.08. The van der Waals surface area contributed by atoms with Gasteiger partial charge in [0.05, 0.1) is 6.20 Å². The molecule has 1 aromatic carbocycles. The van der Waals surface area contributed by atoms with Gasteiger partial charge in [0.15, 0.2) is 22.5 Å². The molecule has 0 saturated carbocycles. The van der Waals surface area contributed by atoms with E-state index in [4.69, 9.17) is 27.9 Å². The summed E-state index contributed by atoms with van der Waals surface area (Å²) < 4.78 is 31.1. The largest absolute Gasteiger partial charge is 0.451 e. The first-order valence-corrected chi connectivity index (χ1v) is 5.12. The second-order valence-electron chi connectivity index (χ2n) is 2.95. The SMILES string of the molecule is Fc1ccc(Oc2cncnc2Cl)c(Cl)c1F. The second-order valence-corrected chi connectivity index (χ2v) is 3.69. The number of benzene rings is 1. The number of rotatable bonds is 2. The first-order chi connectivity index (χ1) is 8.09. The quantitative estimate of drug-likeness (QED) is 0.617. The summed E-state index contributed by atoms with van der Waals surface area (Å²) in [6.07, 6.45) is 2.51. The number of nitrogens with zero attached hydrogens (tertiary/aromatic N) is 2. The molecule has 88 valence electrons. The third kappa shape index (κ3) is 2.45. The van der Waals surface area contributed by atoms with Gasteiger partial charge < -0.3 is 4.74 Å². The van der Waals surface area contributed by atoms with E-state index < -0.39 is 16.7 Å². The predicted octanol–water partition coefficient (Wildman–Crippen LogP) is 3.85. The molecule has 0 amide bonds. The van der Waals surface area contributed by atoms with Crippen molar-refractivity contribution in [3.8, 4) is 11.5 Å². The molecule has 2 rings (SSSR count). The van der Waals surface area contributed by atoms with E-state index in [1.54, 1.807) is 0 Å². The Hall–Kier alpha value is -1.46. The van der Waals surface area contributed by atoms with Gasteiger partial charge in [-0.3, -0.25) is 0 Å². The molecule has 0 aliphatic rings. The molecule has 1 heterocycles. The van der Waals surface area contributed by atoms with E-state index in [1.807, 2.05) is 0 Å². The standard InChI is InChI=1S/C10H4Cl2F2N2O/c11-8-6(2-1-5(13)9(8)14)17-7-3-15-4-16-10(7)12/h1-4H. The molecule has 0 N–H and O–H groups in total. The summed E-state index contributed by atoms with van der Waals surface area (Å²) >= 11 is 11.3. The van der Waals surface area contributed by atoms with Crippen molar-refractivity contribution in [1.82, 2.24) is 9.97 Å². The van der Waals surface area contributed by atoms with Gasteiger partial charge in [-0.05, 0) is 12.1 Å². The third-order valence-corrected chi connectivity index (χ3v) is 2.49. The van der Waals surface area contributed by atoms with Gasteiger partial charge in [-0.2, -0.15) is 0 Å². The van der Waals surface area contributed by atoms with Gasteiger partial charge in [-0.15, -0.1) is 0 Å². The molecule has 0 unspecified atom stereocenters. The molecule has 1 aromatic heterocycles. The predicted molar refractivity (Wildman–Crippen MR) is 58.5 cm³/mol. The van der Waals surface area contributed by atoms with E-state index in [2.05, 4.69) is 9.97 Å². The zero-order chi connectivity index (χ0) is 12.4. The van der Waals surface area contributed by atoms with Gasteiger partial charge in [-0.1, -0.05) is 23.2 Å². The summed E-state index contributed by atoms with van der Waals surface area (Å²) in [6.45, 7) is 0. The molecular weight excluding hydrogens is 273 g/mol. The molecule has 0 radical (unpaired) electrons. The van der Waals surface area contributed by atoms with Crippen LogP contribution in [0, 0.1) is 11.6 Å². The van der Waals surface area contributed by atoms with Crippen LogP contribution >= 0.6 is 23.2 Å². The lowest BCUT2D eigenvalue weighted by Gasteiger charge is -2.08. The summed E-state index contributed by atoms with van der Waals surface area (Å²) in [5, 5.41) is -0.425. The summed E-state index contributed by atoms with van der Waals surface area (Å²) in [5.74, 6) is -2.21. The van der Waals surface area contributed by atoms with Crippen molar-refractivity contribution < 1.29 is 13.5 Å². The highest BCUT2D eigenvalue weighted by atomic mass is 35.5. The second kappa shape index (κ2) is 4.81. The van der Waals surface area contributed by atoms with Crippen LogP contribution in [0.2, 0.25) is 10.2 Å². The topological polar surface area (TPSA) is 35.0 Å². The van der Waals surface area contributed by atoms with Crippen molar-refractivity contribution in [3.05, 3.63) is 46.5 Å². The first-order valence-electron chi connectivity index (χ1n) is 4.36. The lowest BCUT2D eigenvalue weighted by atomic mass is 10.3. The van der Waals surface area contributed by atoms with E-state index in [9.17, 15) is 8.78 Å². The smallest absolute Gasteiger partial charge is 0.183 e. The molecule has 3 nitrogen and oxygen atoms in total. The van der Waals surface area contributed by atoms with Crippen molar-refractivity contribution >= 4 is 23.2 Å². The molecular formula is C10H4Cl2F2N2O. The summed E-state index contributed by atoms with van der Waals surface area (Å²) in [7, 11) is 0. The molecule has 7 heteroatoms. The molecule has 2 aromatic rings. The van der Waals surface area contributed by atoms with E-state index in [0.717, 1.165) is 6.07 Å². The van der Waals surface area contributed by atoms with Gasteiger partial charge >= 0.3 is 0 Å². The van der Waals surface area contributed by atoms with Crippen molar-refractivity contribution in [2.45, 2.75) is 0 Å². The van der Waals surface area contributed by atoms with Crippen molar-refractivity contribution in [2.75, 3.05) is 0 Å². The first kappa shape index (κ1) is 12.0. The number of ether oxygens (including phenoxy) is 1. The maximum absolute atomic E-state index is 13.1. The van der Waals surface area contributed by atoms with Gasteiger partial charge in [0.1, 0.15) is 17.1 Å². The lowest BCUT2D eigenvalue weighted by molar-refractivity contribution is 0.459. The number of hydrogen-bond donors (Lipinski definition) is 0. The normalized spacial score (nSPS) is 10.4. The maximum Gasteiger partial charge on any atom is 0.183 e. The lowest BCUT2D eigenvalue weighted by Crippen LogP contribution is -1.93. The minimum atomic E-state index is -1.18. The van der Waals surface area contributed by atoms with E-state index in [0.29, 0.717) is 0 Å². The number of hydrogen-bond acceptors (Lipinski definition) is 3. The fourth-order valence-corrected chi connectivity index (χ4v) is 1.40. The van der Waals surface area contributed by atoms with Gasteiger partial charge in [0.2, 0.25) is 0 Å². The third-order valence-electron chi connectivity index (χ3n) is 1.85. The zero-order valence-electron chi connectivity index (χ0n) is 8.12. The highest BCUT2D eigenvalue weighted by Gasteiger charge is 2.14. The van der Waals surface area contributed by atoms with Gasteiger partial charge in [0.25, 0.3) is 0 Å². The summed E-state index contributed by atoms with van der Waals surface area (Å²) in [4.78, 5) is 7.34. The van der Waals surface area contributed by atoms with Crippen LogP contribution in [0.4, 0.5) is 8.78 Å². The Morgan fingerprint density at radius 3 is 2.59 bits per heavy atom. The number of halogens is 4. The van der Waals surface area contributed by atoms with E-state index in [-0.39, 0.29) is 16.7 Å². The van der Waals surface area contributed by atoms with Crippen LogP contribution < -0.4 is 4.74 Å². The van der Waals surface area contributed by atoms with Crippen LogP contribution in [0.25, 0.3) is 0 Å². The fraction of sp³-hybridized carbons (Fsp3) is 0. The fourth-order valence-electron chi connectivity index (χ4n) is 1.08. The molecule has 0 aliphatic heterocycles. The van der Waals surface area contributed by atoms with Crippen LogP contribution in [0.3, 0.4) is 0 Å². The highest BCUT2D eigenvalue weighted by Crippen LogP contribution is 2.34. The minimum absolute atomic E-state index is 0.0424. The molecule has 0 saturated heterocycles. The zero-order valence-corrected chi connectivity index (χ0v) is 9.64.